The number of aliphatic carboxylic acids is 1. The van der Waals surface area contributed by atoms with Crippen LogP contribution in [0.5, 0.6) is 0 Å². The summed E-state index contributed by atoms with van der Waals surface area (Å²) in [5, 5.41) is 7.91. The standard InChI is InChI=1S/C14H20O2.C4H8O2/c1-4-8-13(15)16-14(2,3)11-12-9-6-5-7-10-12;1-2-3-4(5)6/h5-7,9-10H,4,8,11H2,1-3H3;2-3H2,1H3,(H,5,6). The minimum absolute atomic E-state index is 0.108. The first-order valence-corrected chi connectivity index (χ1v) is 7.78. The van der Waals surface area contributed by atoms with Gasteiger partial charge in [0.15, 0.2) is 0 Å². The molecule has 0 aliphatic carbocycles. The molecule has 4 heteroatoms. The Balaban J connectivity index is 0.000000626. The molecule has 0 unspecified atom stereocenters. The zero-order valence-corrected chi connectivity index (χ0v) is 14.1. The van der Waals surface area contributed by atoms with Gasteiger partial charge in [0.25, 0.3) is 0 Å². The molecule has 0 aliphatic heterocycles. The molecule has 0 spiro atoms. The lowest BCUT2D eigenvalue weighted by atomic mass is 9.98. The van der Waals surface area contributed by atoms with Crippen molar-refractivity contribution in [3.05, 3.63) is 35.9 Å². The van der Waals surface area contributed by atoms with Gasteiger partial charge in [0.2, 0.25) is 0 Å². The molecule has 4 nitrogen and oxygen atoms in total. The van der Waals surface area contributed by atoms with Crippen LogP contribution in [0.1, 0.15) is 58.9 Å². The van der Waals surface area contributed by atoms with Crippen molar-refractivity contribution in [2.75, 3.05) is 0 Å². The quantitative estimate of drug-likeness (QED) is 0.766. The van der Waals surface area contributed by atoms with Crippen LogP contribution < -0.4 is 0 Å². The van der Waals surface area contributed by atoms with Crippen molar-refractivity contribution in [3.8, 4) is 0 Å². The van der Waals surface area contributed by atoms with Gasteiger partial charge >= 0.3 is 11.9 Å². The van der Waals surface area contributed by atoms with E-state index in [-0.39, 0.29) is 5.97 Å². The predicted molar refractivity (Wildman–Crippen MR) is 87.8 cm³/mol. The predicted octanol–water partition coefficient (Wildman–Crippen LogP) is 4.22. The fourth-order valence-electron chi connectivity index (χ4n) is 1.90. The van der Waals surface area contributed by atoms with Crippen molar-refractivity contribution in [1.29, 1.82) is 0 Å². The molecule has 22 heavy (non-hydrogen) atoms. The molecular weight excluding hydrogens is 280 g/mol. The lowest BCUT2D eigenvalue weighted by Gasteiger charge is -2.25. The monoisotopic (exact) mass is 308 g/mol. The van der Waals surface area contributed by atoms with Crippen LogP contribution in [0.2, 0.25) is 0 Å². The smallest absolute Gasteiger partial charge is 0.306 e. The summed E-state index contributed by atoms with van der Waals surface area (Å²) >= 11 is 0. The lowest BCUT2D eigenvalue weighted by Crippen LogP contribution is -2.30. The number of hydrogen-bond acceptors (Lipinski definition) is 3. The Hall–Kier alpha value is -1.84. The molecule has 0 aliphatic rings. The lowest BCUT2D eigenvalue weighted by molar-refractivity contribution is -0.156. The molecule has 1 rings (SSSR count). The second-order valence-corrected chi connectivity index (χ2v) is 5.79. The average molecular weight is 308 g/mol. The first-order valence-electron chi connectivity index (χ1n) is 7.78. The summed E-state index contributed by atoms with van der Waals surface area (Å²) in [5.74, 6) is -0.819. The fraction of sp³-hybridized carbons (Fsp3) is 0.556. The number of benzene rings is 1. The van der Waals surface area contributed by atoms with Gasteiger partial charge in [-0.05, 0) is 32.3 Å². The van der Waals surface area contributed by atoms with E-state index in [9.17, 15) is 9.59 Å². The summed E-state index contributed by atoms with van der Waals surface area (Å²) in [4.78, 5) is 21.0. The van der Waals surface area contributed by atoms with E-state index in [1.807, 2.05) is 45.9 Å². The van der Waals surface area contributed by atoms with E-state index in [1.165, 1.54) is 5.56 Å². The van der Waals surface area contributed by atoms with Crippen molar-refractivity contribution in [2.24, 2.45) is 0 Å². The van der Waals surface area contributed by atoms with Crippen molar-refractivity contribution < 1.29 is 19.4 Å². The summed E-state index contributed by atoms with van der Waals surface area (Å²) in [6.07, 6.45) is 3.11. The molecule has 0 aromatic heterocycles. The van der Waals surface area contributed by atoms with Gasteiger partial charge in [-0.2, -0.15) is 0 Å². The maximum atomic E-state index is 11.4. The molecule has 0 heterocycles. The average Bonchev–Trinajstić information content (AvgIpc) is 2.39. The molecule has 0 fully saturated rings. The topological polar surface area (TPSA) is 63.6 Å². The number of carboxylic acids is 1. The van der Waals surface area contributed by atoms with Crippen molar-refractivity contribution in [3.63, 3.8) is 0 Å². The Morgan fingerprint density at radius 3 is 2.00 bits per heavy atom. The Morgan fingerprint density at radius 2 is 1.59 bits per heavy atom. The van der Waals surface area contributed by atoms with Crippen LogP contribution in [-0.2, 0) is 20.7 Å². The summed E-state index contributed by atoms with van der Waals surface area (Å²) in [5.41, 5.74) is 0.768. The molecule has 0 radical (unpaired) electrons. The zero-order chi connectivity index (χ0) is 17.0. The number of carboxylic acid groups (broad SMARTS) is 1. The molecule has 0 bridgehead atoms. The minimum atomic E-state index is -0.711. The number of hydrogen-bond donors (Lipinski definition) is 1. The summed E-state index contributed by atoms with van der Waals surface area (Å²) in [6.45, 7) is 7.72. The van der Waals surface area contributed by atoms with E-state index in [4.69, 9.17) is 9.84 Å². The van der Waals surface area contributed by atoms with Crippen molar-refractivity contribution in [1.82, 2.24) is 0 Å². The van der Waals surface area contributed by atoms with Gasteiger partial charge in [0.1, 0.15) is 5.60 Å². The molecule has 1 aromatic rings. The van der Waals surface area contributed by atoms with E-state index in [2.05, 4.69) is 12.1 Å². The minimum Gasteiger partial charge on any atom is -0.481 e. The van der Waals surface area contributed by atoms with E-state index >= 15 is 0 Å². The van der Waals surface area contributed by atoms with Gasteiger partial charge in [-0.25, -0.2) is 0 Å². The second-order valence-electron chi connectivity index (χ2n) is 5.79. The molecule has 0 saturated carbocycles. The van der Waals surface area contributed by atoms with Gasteiger partial charge < -0.3 is 9.84 Å². The van der Waals surface area contributed by atoms with Crippen LogP contribution in [-0.4, -0.2) is 22.6 Å². The third kappa shape index (κ3) is 10.9. The van der Waals surface area contributed by atoms with E-state index in [0.717, 1.165) is 19.3 Å². The summed E-state index contributed by atoms with van der Waals surface area (Å²) in [6, 6.07) is 10.1. The van der Waals surface area contributed by atoms with E-state index < -0.39 is 11.6 Å². The van der Waals surface area contributed by atoms with Crippen LogP contribution in [0.3, 0.4) is 0 Å². The largest absolute Gasteiger partial charge is 0.481 e. The summed E-state index contributed by atoms with van der Waals surface area (Å²) in [7, 11) is 0. The highest BCUT2D eigenvalue weighted by molar-refractivity contribution is 5.69. The van der Waals surface area contributed by atoms with Crippen molar-refractivity contribution in [2.45, 2.75) is 65.4 Å². The van der Waals surface area contributed by atoms with Gasteiger partial charge in [-0.1, -0.05) is 44.2 Å². The highest BCUT2D eigenvalue weighted by Crippen LogP contribution is 2.17. The van der Waals surface area contributed by atoms with Gasteiger partial charge in [0, 0.05) is 19.3 Å². The Morgan fingerprint density at radius 1 is 1.05 bits per heavy atom. The molecule has 0 amide bonds. The third-order valence-corrected chi connectivity index (χ3v) is 2.78. The summed E-state index contributed by atoms with van der Waals surface area (Å²) < 4.78 is 5.44. The molecule has 0 atom stereocenters. The molecule has 1 N–H and O–H groups in total. The van der Waals surface area contributed by atoms with Crippen LogP contribution in [0.25, 0.3) is 0 Å². The first kappa shape index (κ1) is 20.2. The first-order chi connectivity index (χ1) is 10.3. The Labute approximate surface area is 133 Å². The number of esters is 1. The van der Waals surface area contributed by atoms with Gasteiger partial charge in [-0.3, -0.25) is 9.59 Å². The highest BCUT2D eigenvalue weighted by Gasteiger charge is 2.22. The van der Waals surface area contributed by atoms with Crippen LogP contribution in [0, 0.1) is 0 Å². The number of carbonyl (C=O) groups is 2. The van der Waals surface area contributed by atoms with E-state index in [0.29, 0.717) is 12.8 Å². The maximum absolute atomic E-state index is 11.4. The fourth-order valence-corrected chi connectivity index (χ4v) is 1.90. The Kier molecular flexibility index (Phi) is 9.92. The molecular formula is C18H28O4. The third-order valence-electron chi connectivity index (χ3n) is 2.78. The second kappa shape index (κ2) is 10.8. The molecule has 124 valence electrons. The van der Waals surface area contributed by atoms with Crippen LogP contribution in [0.15, 0.2) is 30.3 Å². The van der Waals surface area contributed by atoms with Crippen LogP contribution >= 0.6 is 0 Å². The number of carbonyl (C=O) groups excluding carboxylic acids is 1. The number of ether oxygens (including phenoxy) is 1. The van der Waals surface area contributed by atoms with E-state index in [1.54, 1.807) is 0 Å². The molecule has 0 saturated heterocycles. The SMILES string of the molecule is CCCC(=O)O.CCCC(=O)OC(C)(C)Cc1ccccc1. The normalized spacial score (nSPS) is 10.4. The maximum Gasteiger partial charge on any atom is 0.306 e. The van der Waals surface area contributed by atoms with Crippen LogP contribution in [0.4, 0.5) is 0 Å². The molecule has 1 aromatic carbocycles. The number of rotatable bonds is 7. The zero-order valence-electron chi connectivity index (χ0n) is 14.1. The van der Waals surface area contributed by atoms with Gasteiger partial charge in [0.05, 0.1) is 0 Å². The van der Waals surface area contributed by atoms with Gasteiger partial charge in [-0.15, -0.1) is 0 Å². The Bertz CT molecular complexity index is 438. The highest BCUT2D eigenvalue weighted by atomic mass is 16.6. The van der Waals surface area contributed by atoms with Crippen molar-refractivity contribution >= 4 is 11.9 Å².